The van der Waals surface area contributed by atoms with Crippen LogP contribution in [-0.2, 0) is 9.59 Å². The van der Waals surface area contributed by atoms with Crippen LogP contribution in [0.3, 0.4) is 0 Å². The maximum absolute atomic E-state index is 11.5. The summed E-state index contributed by atoms with van der Waals surface area (Å²) in [4.78, 5) is 33.8. The molecule has 1 aliphatic rings. The van der Waals surface area contributed by atoms with Gasteiger partial charge in [0.1, 0.15) is 0 Å². The molecule has 1 aliphatic heterocycles. The molecule has 0 aliphatic carbocycles. The Kier molecular flexibility index (Phi) is 3.01. The highest BCUT2D eigenvalue weighted by Gasteiger charge is 2.22. The zero-order valence-electron chi connectivity index (χ0n) is 9.99. The summed E-state index contributed by atoms with van der Waals surface area (Å²) in [6.45, 7) is 2.64. The minimum absolute atomic E-state index is 0.118. The van der Waals surface area contributed by atoms with Gasteiger partial charge in [0.2, 0.25) is 5.91 Å². The monoisotopic (exact) mass is 248 g/mol. The zero-order valence-corrected chi connectivity index (χ0v) is 9.99. The number of fused-ring (bicyclic) bond motifs is 1. The summed E-state index contributed by atoms with van der Waals surface area (Å²) < 4.78 is 5.24. The predicted octanol–water partition coefficient (Wildman–Crippen LogP) is 1.18. The molecular formula is C12H12N2O4. The topological polar surface area (TPSA) is 84.5 Å². The number of rotatable bonds is 2. The molecule has 0 saturated heterocycles. The first-order valence-corrected chi connectivity index (χ1v) is 5.36. The number of nitrogens with one attached hydrogen (secondary N) is 2. The molecule has 1 aromatic carbocycles. The van der Waals surface area contributed by atoms with Gasteiger partial charge >= 0.3 is 0 Å². The van der Waals surface area contributed by atoms with E-state index in [-0.39, 0.29) is 24.2 Å². The smallest absolute Gasteiger partial charge is 0.262 e. The van der Waals surface area contributed by atoms with Gasteiger partial charge in [0, 0.05) is 12.6 Å². The van der Waals surface area contributed by atoms with Gasteiger partial charge in [-0.05, 0) is 19.1 Å². The van der Waals surface area contributed by atoms with Crippen molar-refractivity contribution in [2.24, 2.45) is 0 Å². The molecular weight excluding hydrogens is 236 g/mol. The second-order valence-electron chi connectivity index (χ2n) is 3.97. The third kappa shape index (κ3) is 2.32. The molecule has 1 heterocycles. The number of Topliss-reactive ketones (excluding diaryl/α,β-unsaturated/α-hetero) is 1. The lowest BCUT2D eigenvalue weighted by atomic mass is 10.1. The Balaban J connectivity index is 2.51. The van der Waals surface area contributed by atoms with E-state index in [1.807, 2.05) is 0 Å². The fourth-order valence-corrected chi connectivity index (χ4v) is 1.74. The third-order valence-electron chi connectivity index (χ3n) is 2.41. The van der Waals surface area contributed by atoms with Gasteiger partial charge in [0.05, 0.1) is 11.3 Å². The number of benzene rings is 1. The number of hydrogen-bond acceptors (Lipinski definition) is 4. The second kappa shape index (κ2) is 4.48. The zero-order chi connectivity index (χ0) is 13.3. The molecule has 0 spiro atoms. The molecule has 0 fully saturated rings. The van der Waals surface area contributed by atoms with E-state index < -0.39 is 0 Å². The summed E-state index contributed by atoms with van der Waals surface area (Å²) in [6, 6.07) is 3.08. The highest BCUT2D eigenvalue weighted by atomic mass is 16.5. The van der Waals surface area contributed by atoms with Crippen LogP contribution in [0, 0.1) is 0 Å². The maximum atomic E-state index is 11.5. The lowest BCUT2D eigenvalue weighted by molar-refractivity contribution is -0.118. The molecule has 0 atom stereocenters. The van der Waals surface area contributed by atoms with Crippen LogP contribution in [0.15, 0.2) is 12.1 Å². The predicted molar refractivity (Wildman–Crippen MR) is 64.9 cm³/mol. The summed E-state index contributed by atoms with van der Waals surface area (Å²) in [6.07, 6.45) is 0. The van der Waals surface area contributed by atoms with Crippen molar-refractivity contribution in [3.63, 3.8) is 0 Å². The molecule has 0 unspecified atom stereocenters. The van der Waals surface area contributed by atoms with Gasteiger partial charge in [-0.3, -0.25) is 14.4 Å². The van der Waals surface area contributed by atoms with Gasteiger partial charge in [0.25, 0.3) is 5.91 Å². The van der Waals surface area contributed by atoms with Gasteiger partial charge in [-0.1, -0.05) is 0 Å². The van der Waals surface area contributed by atoms with E-state index in [1.165, 1.54) is 19.9 Å². The van der Waals surface area contributed by atoms with Crippen molar-refractivity contribution in [2.45, 2.75) is 13.8 Å². The lowest BCUT2D eigenvalue weighted by Gasteiger charge is -2.21. The summed E-state index contributed by atoms with van der Waals surface area (Å²) >= 11 is 0. The first-order valence-electron chi connectivity index (χ1n) is 5.36. The van der Waals surface area contributed by atoms with Crippen molar-refractivity contribution in [1.82, 2.24) is 0 Å². The fourth-order valence-electron chi connectivity index (χ4n) is 1.74. The molecule has 1 aromatic rings. The molecule has 0 bridgehead atoms. The van der Waals surface area contributed by atoms with Gasteiger partial charge in [0.15, 0.2) is 18.1 Å². The van der Waals surface area contributed by atoms with E-state index in [2.05, 4.69) is 10.6 Å². The van der Waals surface area contributed by atoms with Crippen molar-refractivity contribution in [1.29, 1.82) is 0 Å². The van der Waals surface area contributed by atoms with Crippen LogP contribution in [0.1, 0.15) is 24.2 Å². The largest absolute Gasteiger partial charge is 0.481 e. The Morgan fingerprint density at radius 1 is 1.33 bits per heavy atom. The normalized spacial score (nSPS) is 13.1. The van der Waals surface area contributed by atoms with E-state index in [4.69, 9.17) is 4.74 Å². The molecule has 94 valence electrons. The molecule has 0 saturated carbocycles. The summed E-state index contributed by atoms with van der Waals surface area (Å²) in [5.41, 5.74) is 1.16. The highest BCUT2D eigenvalue weighted by Crippen LogP contribution is 2.35. The molecule has 2 rings (SSSR count). The number of hydrogen-bond donors (Lipinski definition) is 2. The lowest BCUT2D eigenvalue weighted by Crippen LogP contribution is -2.26. The maximum Gasteiger partial charge on any atom is 0.262 e. The molecule has 0 radical (unpaired) electrons. The highest BCUT2D eigenvalue weighted by molar-refractivity contribution is 6.05. The van der Waals surface area contributed by atoms with E-state index in [9.17, 15) is 14.4 Å². The van der Waals surface area contributed by atoms with Crippen LogP contribution < -0.4 is 15.4 Å². The van der Waals surface area contributed by atoms with Gasteiger partial charge in [-0.2, -0.15) is 0 Å². The van der Waals surface area contributed by atoms with Crippen molar-refractivity contribution in [3.8, 4) is 5.75 Å². The number of carbonyl (C=O) groups is 3. The van der Waals surface area contributed by atoms with Crippen molar-refractivity contribution < 1.29 is 19.1 Å². The number of carbonyl (C=O) groups excluding carboxylic acids is 3. The SMILES string of the molecule is CC(=O)Nc1cc2c(c(C(C)=O)c1)OCC(=O)N2. The van der Waals surface area contributed by atoms with Crippen molar-refractivity contribution in [2.75, 3.05) is 17.2 Å². The Bertz CT molecular complexity index is 551. The standard InChI is InChI=1S/C12H12N2O4/c1-6(15)9-3-8(13-7(2)16)4-10-12(9)18-5-11(17)14-10/h3-4H,5H2,1-2H3,(H,13,16)(H,14,17). The molecule has 0 aromatic heterocycles. The van der Waals surface area contributed by atoms with Crippen LogP contribution >= 0.6 is 0 Å². The molecule has 6 nitrogen and oxygen atoms in total. The van der Waals surface area contributed by atoms with E-state index in [0.717, 1.165) is 0 Å². The molecule has 6 heteroatoms. The van der Waals surface area contributed by atoms with Crippen LogP contribution in [0.2, 0.25) is 0 Å². The minimum Gasteiger partial charge on any atom is -0.481 e. The first kappa shape index (κ1) is 12.1. The number of ether oxygens (including phenoxy) is 1. The Hall–Kier alpha value is -2.37. The van der Waals surface area contributed by atoms with Gasteiger partial charge in [-0.25, -0.2) is 0 Å². The number of amides is 2. The van der Waals surface area contributed by atoms with Crippen LogP contribution in [0.5, 0.6) is 5.75 Å². The van der Waals surface area contributed by atoms with Crippen LogP contribution in [0.25, 0.3) is 0 Å². The molecule has 2 amide bonds. The van der Waals surface area contributed by atoms with Gasteiger partial charge in [-0.15, -0.1) is 0 Å². The number of ketones is 1. The van der Waals surface area contributed by atoms with E-state index in [0.29, 0.717) is 22.7 Å². The average molecular weight is 248 g/mol. The van der Waals surface area contributed by atoms with E-state index >= 15 is 0 Å². The Morgan fingerprint density at radius 3 is 2.67 bits per heavy atom. The minimum atomic E-state index is -0.294. The van der Waals surface area contributed by atoms with Gasteiger partial charge < -0.3 is 15.4 Å². The van der Waals surface area contributed by atoms with E-state index in [1.54, 1.807) is 6.07 Å². The summed E-state index contributed by atoms with van der Waals surface area (Å²) in [7, 11) is 0. The van der Waals surface area contributed by atoms with Crippen LogP contribution in [-0.4, -0.2) is 24.2 Å². The number of anilines is 2. The molecule has 18 heavy (non-hydrogen) atoms. The Morgan fingerprint density at radius 2 is 2.06 bits per heavy atom. The first-order chi connectivity index (χ1) is 8.47. The fraction of sp³-hybridized carbons (Fsp3) is 0.250. The van der Waals surface area contributed by atoms with Crippen molar-refractivity contribution >= 4 is 29.0 Å². The Labute approximate surface area is 103 Å². The van der Waals surface area contributed by atoms with Crippen molar-refractivity contribution in [3.05, 3.63) is 17.7 Å². The quantitative estimate of drug-likeness (QED) is 0.769. The second-order valence-corrected chi connectivity index (χ2v) is 3.97. The summed E-state index contributed by atoms with van der Waals surface area (Å²) in [5, 5.41) is 5.17. The summed E-state index contributed by atoms with van der Waals surface area (Å²) in [5.74, 6) is -0.407. The molecule has 2 N–H and O–H groups in total. The third-order valence-corrected chi connectivity index (χ3v) is 2.41. The average Bonchev–Trinajstić information content (AvgIpc) is 2.26. The van der Waals surface area contributed by atoms with Crippen LogP contribution in [0.4, 0.5) is 11.4 Å².